The molecule has 1 aliphatic heterocycles. The number of alkyl halides is 1. The lowest BCUT2D eigenvalue weighted by molar-refractivity contribution is -0.123. The van der Waals surface area contributed by atoms with Crippen LogP contribution in [0.15, 0.2) is 0 Å². The first-order chi connectivity index (χ1) is 6.18. The number of carbonyl (C=O) groups excluding carboxylic acids is 1. The molecule has 1 saturated heterocycles. The molecule has 4 heteroatoms. The summed E-state index contributed by atoms with van der Waals surface area (Å²) in [4.78, 5) is 14.0. The molecule has 2 aliphatic rings. The fourth-order valence-corrected chi connectivity index (χ4v) is 3.23. The number of piperidine rings is 1. The van der Waals surface area contributed by atoms with Crippen LogP contribution in [0.4, 0.5) is 0 Å². The van der Waals surface area contributed by atoms with Crippen molar-refractivity contribution in [2.75, 3.05) is 13.6 Å². The number of likely N-dealkylation sites (tertiary alicyclic amines) is 1. The van der Waals surface area contributed by atoms with Gasteiger partial charge in [-0.3, -0.25) is 4.79 Å². The number of fused-ring (bicyclic) bond motifs is 1. The van der Waals surface area contributed by atoms with Gasteiger partial charge in [-0.1, -0.05) is 15.9 Å². The van der Waals surface area contributed by atoms with Crippen LogP contribution in [0, 0.1) is 5.92 Å². The Labute approximate surface area is 104 Å². The van der Waals surface area contributed by atoms with Crippen molar-refractivity contribution in [2.24, 2.45) is 5.92 Å². The number of hydrogen-bond donors (Lipinski definition) is 0. The number of carbonyl (C=O) groups is 1. The van der Waals surface area contributed by atoms with E-state index in [1.165, 1.54) is 19.4 Å². The summed E-state index contributed by atoms with van der Waals surface area (Å²) in [7, 11) is 2.19. The van der Waals surface area contributed by atoms with Crippen LogP contribution >= 0.6 is 32.9 Å². The van der Waals surface area contributed by atoms with Crippen molar-refractivity contribution in [3.8, 4) is 0 Å². The van der Waals surface area contributed by atoms with Crippen molar-refractivity contribution in [2.45, 2.75) is 36.6 Å². The normalized spacial score (nSPS) is 38.7. The Morgan fingerprint density at radius 3 is 2.93 bits per heavy atom. The molecule has 0 aromatic rings. The first kappa shape index (κ1) is 12.7. The van der Waals surface area contributed by atoms with Gasteiger partial charge in [-0.25, -0.2) is 0 Å². The zero-order chi connectivity index (χ0) is 9.42. The second-order valence-corrected chi connectivity index (χ2v) is 5.43. The molecule has 2 fully saturated rings. The van der Waals surface area contributed by atoms with E-state index in [0.717, 1.165) is 12.8 Å². The first-order valence-corrected chi connectivity index (χ1v) is 5.97. The second kappa shape index (κ2) is 5.08. The Morgan fingerprint density at radius 2 is 2.21 bits per heavy atom. The third-order valence-electron chi connectivity index (χ3n) is 3.46. The molecule has 0 radical (unpaired) electrons. The topological polar surface area (TPSA) is 20.3 Å². The molecule has 3 atom stereocenters. The molecule has 0 amide bonds. The van der Waals surface area contributed by atoms with Gasteiger partial charge in [0, 0.05) is 12.5 Å². The summed E-state index contributed by atoms with van der Waals surface area (Å²) in [5.74, 6) is 1.05. The SMILES string of the molecule is Br.CN1CCCC2CC(=O)C(Br)CC21. The minimum absolute atomic E-state index is 0. The Morgan fingerprint density at radius 1 is 1.50 bits per heavy atom. The summed E-state index contributed by atoms with van der Waals surface area (Å²) in [6, 6.07) is 0.649. The molecule has 2 rings (SSSR count). The van der Waals surface area contributed by atoms with Crippen molar-refractivity contribution in [3.05, 3.63) is 0 Å². The maximum absolute atomic E-state index is 11.5. The van der Waals surface area contributed by atoms with Gasteiger partial charge in [-0.2, -0.15) is 0 Å². The molecule has 0 spiro atoms. The highest BCUT2D eigenvalue weighted by Crippen LogP contribution is 2.35. The van der Waals surface area contributed by atoms with Gasteiger partial charge < -0.3 is 4.90 Å². The fraction of sp³-hybridized carbons (Fsp3) is 0.900. The number of nitrogens with zero attached hydrogens (tertiary/aromatic N) is 1. The smallest absolute Gasteiger partial charge is 0.146 e. The Balaban J connectivity index is 0.000000980. The van der Waals surface area contributed by atoms with E-state index < -0.39 is 0 Å². The van der Waals surface area contributed by atoms with Gasteiger partial charge in [0.2, 0.25) is 0 Å². The van der Waals surface area contributed by atoms with E-state index in [2.05, 4.69) is 27.9 Å². The summed E-state index contributed by atoms with van der Waals surface area (Å²) < 4.78 is 0. The van der Waals surface area contributed by atoms with Gasteiger partial charge in [0.15, 0.2) is 0 Å². The van der Waals surface area contributed by atoms with E-state index in [-0.39, 0.29) is 21.8 Å². The molecular formula is C10H17Br2NO. The monoisotopic (exact) mass is 325 g/mol. The van der Waals surface area contributed by atoms with Crippen molar-refractivity contribution in [1.29, 1.82) is 0 Å². The van der Waals surface area contributed by atoms with Crippen molar-refractivity contribution in [1.82, 2.24) is 4.90 Å². The van der Waals surface area contributed by atoms with Crippen molar-refractivity contribution in [3.63, 3.8) is 0 Å². The largest absolute Gasteiger partial charge is 0.303 e. The number of ketones is 1. The lowest BCUT2D eigenvalue weighted by atomic mass is 9.78. The quantitative estimate of drug-likeness (QED) is 0.637. The average Bonchev–Trinajstić information content (AvgIpc) is 2.09. The highest BCUT2D eigenvalue weighted by molar-refractivity contribution is 9.10. The molecule has 1 heterocycles. The van der Waals surface area contributed by atoms with Gasteiger partial charge in [-0.05, 0) is 38.8 Å². The molecule has 1 aliphatic carbocycles. The number of Topliss-reactive ketones (excluding diaryl/α,β-unsaturated/α-hetero) is 1. The Hall–Kier alpha value is 0.590. The zero-order valence-corrected chi connectivity index (χ0v) is 11.7. The zero-order valence-electron chi connectivity index (χ0n) is 8.41. The molecule has 0 N–H and O–H groups in total. The predicted molar refractivity (Wildman–Crippen MR) is 66.4 cm³/mol. The van der Waals surface area contributed by atoms with E-state index >= 15 is 0 Å². The van der Waals surface area contributed by atoms with Crippen LogP contribution in [-0.2, 0) is 4.79 Å². The molecule has 2 nitrogen and oxygen atoms in total. The second-order valence-electron chi connectivity index (χ2n) is 4.32. The minimum atomic E-state index is 0. The number of rotatable bonds is 0. The van der Waals surface area contributed by atoms with Crippen LogP contribution in [-0.4, -0.2) is 35.1 Å². The molecule has 3 unspecified atom stereocenters. The summed E-state index contributed by atoms with van der Waals surface area (Å²) in [6.45, 7) is 1.20. The average molecular weight is 327 g/mol. The van der Waals surface area contributed by atoms with Crippen molar-refractivity contribution < 1.29 is 4.79 Å². The standard InChI is InChI=1S/C10H16BrNO.BrH/c1-12-4-2-3-7-5-10(13)8(11)6-9(7)12;/h7-9H,2-6H2,1H3;1H. The third kappa shape index (κ3) is 2.39. The molecule has 0 aromatic carbocycles. The molecule has 82 valence electrons. The minimum Gasteiger partial charge on any atom is -0.303 e. The molecule has 0 aromatic heterocycles. The van der Waals surface area contributed by atoms with Gasteiger partial charge in [0.1, 0.15) is 5.78 Å². The Kier molecular flexibility index (Phi) is 4.59. The lowest BCUT2D eigenvalue weighted by Gasteiger charge is -2.43. The fourth-order valence-electron chi connectivity index (χ4n) is 2.66. The number of hydrogen-bond acceptors (Lipinski definition) is 2. The molecule has 14 heavy (non-hydrogen) atoms. The summed E-state index contributed by atoms with van der Waals surface area (Å²) >= 11 is 3.47. The van der Waals surface area contributed by atoms with E-state index in [0.29, 0.717) is 17.7 Å². The third-order valence-corrected chi connectivity index (χ3v) is 4.34. The molecular weight excluding hydrogens is 310 g/mol. The van der Waals surface area contributed by atoms with Crippen LogP contribution in [0.1, 0.15) is 25.7 Å². The van der Waals surface area contributed by atoms with Crippen molar-refractivity contribution >= 4 is 38.7 Å². The molecule has 1 saturated carbocycles. The van der Waals surface area contributed by atoms with Gasteiger partial charge in [-0.15, -0.1) is 17.0 Å². The van der Waals surface area contributed by atoms with E-state index in [1.807, 2.05) is 0 Å². The van der Waals surface area contributed by atoms with Gasteiger partial charge in [0.25, 0.3) is 0 Å². The summed E-state index contributed by atoms with van der Waals surface area (Å²) in [6.07, 6.45) is 4.32. The van der Waals surface area contributed by atoms with E-state index in [4.69, 9.17) is 0 Å². The number of halogens is 2. The van der Waals surface area contributed by atoms with Crippen LogP contribution in [0.5, 0.6) is 0 Å². The summed E-state index contributed by atoms with van der Waals surface area (Å²) in [5.41, 5.74) is 0. The first-order valence-electron chi connectivity index (χ1n) is 5.05. The van der Waals surface area contributed by atoms with E-state index in [1.54, 1.807) is 0 Å². The predicted octanol–water partition coefficient (Wildman–Crippen LogP) is 2.40. The van der Waals surface area contributed by atoms with Crippen LogP contribution in [0.2, 0.25) is 0 Å². The van der Waals surface area contributed by atoms with Gasteiger partial charge >= 0.3 is 0 Å². The van der Waals surface area contributed by atoms with Crippen LogP contribution in [0.3, 0.4) is 0 Å². The summed E-state index contributed by atoms with van der Waals surface area (Å²) in [5, 5.41) is 0. The highest BCUT2D eigenvalue weighted by Gasteiger charge is 2.38. The lowest BCUT2D eigenvalue weighted by Crippen LogP contribution is -2.49. The maximum Gasteiger partial charge on any atom is 0.146 e. The van der Waals surface area contributed by atoms with Gasteiger partial charge in [0.05, 0.1) is 4.83 Å². The molecule has 0 bridgehead atoms. The van der Waals surface area contributed by atoms with Crippen LogP contribution < -0.4 is 0 Å². The van der Waals surface area contributed by atoms with E-state index in [9.17, 15) is 4.79 Å². The highest BCUT2D eigenvalue weighted by atomic mass is 79.9. The van der Waals surface area contributed by atoms with Crippen LogP contribution in [0.25, 0.3) is 0 Å². The Bertz CT molecular complexity index is 222. The maximum atomic E-state index is 11.5.